The Labute approximate surface area is 170 Å². The average Bonchev–Trinajstić information content (AvgIpc) is 3.10. The molecule has 0 aliphatic carbocycles. The lowest BCUT2D eigenvalue weighted by atomic mass is 10.1. The molecule has 1 aromatic heterocycles. The molecule has 0 bridgehead atoms. The fourth-order valence-corrected chi connectivity index (χ4v) is 4.24. The molecule has 0 saturated carbocycles. The highest BCUT2D eigenvalue weighted by Crippen LogP contribution is 2.36. The van der Waals surface area contributed by atoms with Crippen molar-refractivity contribution in [3.8, 4) is 17.2 Å². The first kappa shape index (κ1) is 22.5. The normalized spacial score (nSPS) is 15.8. The number of phenolic OH excluding ortho intramolecular Hbond substituents is 1. The number of ether oxygens (including phenoxy) is 2. The van der Waals surface area contributed by atoms with E-state index in [1.807, 2.05) is 5.38 Å². The van der Waals surface area contributed by atoms with Gasteiger partial charge in [0.2, 0.25) is 0 Å². The molecule has 2 N–H and O–H groups in total. The fraction of sp³-hybridized carbons (Fsp3) is 0.474. The van der Waals surface area contributed by atoms with Crippen molar-refractivity contribution >= 4 is 21.5 Å². The molecule has 0 amide bonds. The topological polar surface area (TPSA) is 96.3 Å². The highest BCUT2D eigenvalue weighted by molar-refractivity contribution is 7.85. The van der Waals surface area contributed by atoms with Gasteiger partial charge in [0.25, 0.3) is 10.1 Å². The van der Waals surface area contributed by atoms with Crippen LogP contribution >= 0.6 is 11.3 Å². The van der Waals surface area contributed by atoms with Crippen LogP contribution in [0.3, 0.4) is 0 Å². The first-order valence-corrected chi connectivity index (χ1v) is 11.5. The Morgan fingerprint density at radius 2 is 1.79 bits per heavy atom. The van der Waals surface area contributed by atoms with E-state index in [4.69, 9.17) is 9.47 Å². The van der Waals surface area contributed by atoms with Gasteiger partial charge in [0, 0.05) is 17.2 Å². The van der Waals surface area contributed by atoms with E-state index in [0.717, 1.165) is 0 Å². The van der Waals surface area contributed by atoms with E-state index in [1.54, 1.807) is 5.38 Å². The maximum absolute atomic E-state index is 11.4. The van der Waals surface area contributed by atoms with E-state index in [2.05, 4.69) is 25.7 Å². The lowest BCUT2D eigenvalue weighted by Gasteiger charge is -2.25. The molecule has 1 aliphatic rings. The molecule has 0 saturated heterocycles. The third kappa shape index (κ3) is 6.10. The SMILES string of the molecule is CCN(CC)CC.O=S(=O)(O)c1ccc(O)cc1CC1COc2cscc2O1. The van der Waals surface area contributed by atoms with Crippen LogP contribution in [0.15, 0.2) is 33.9 Å². The molecule has 0 spiro atoms. The van der Waals surface area contributed by atoms with Crippen molar-refractivity contribution in [3.05, 3.63) is 34.5 Å². The Kier molecular flexibility index (Phi) is 8.11. The minimum atomic E-state index is -4.36. The molecule has 1 unspecified atom stereocenters. The number of rotatable bonds is 6. The predicted octanol–water partition coefficient (Wildman–Crippen LogP) is 3.43. The monoisotopic (exact) mass is 429 g/mol. The number of fused-ring (bicyclic) bond motifs is 1. The average molecular weight is 430 g/mol. The van der Waals surface area contributed by atoms with Gasteiger partial charge in [-0.05, 0) is 43.4 Å². The van der Waals surface area contributed by atoms with Gasteiger partial charge in [0.1, 0.15) is 18.5 Å². The molecule has 0 fully saturated rings. The number of benzene rings is 1. The summed E-state index contributed by atoms with van der Waals surface area (Å²) in [7, 11) is -4.36. The summed E-state index contributed by atoms with van der Waals surface area (Å²) in [6, 6.07) is 3.68. The van der Waals surface area contributed by atoms with E-state index in [9.17, 15) is 18.1 Å². The minimum Gasteiger partial charge on any atom is -0.508 e. The van der Waals surface area contributed by atoms with Crippen molar-refractivity contribution in [1.82, 2.24) is 4.90 Å². The van der Waals surface area contributed by atoms with Gasteiger partial charge in [0.15, 0.2) is 11.5 Å². The molecule has 0 radical (unpaired) electrons. The van der Waals surface area contributed by atoms with Crippen molar-refractivity contribution in [3.63, 3.8) is 0 Å². The molecule has 9 heteroatoms. The van der Waals surface area contributed by atoms with Gasteiger partial charge < -0.3 is 19.5 Å². The molecule has 1 atom stereocenters. The van der Waals surface area contributed by atoms with Crippen molar-refractivity contribution in [2.45, 2.75) is 38.2 Å². The number of thiophene rings is 1. The van der Waals surface area contributed by atoms with E-state index < -0.39 is 16.2 Å². The zero-order chi connectivity index (χ0) is 20.7. The first-order chi connectivity index (χ1) is 13.3. The quantitative estimate of drug-likeness (QED) is 0.679. The van der Waals surface area contributed by atoms with E-state index >= 15 is 0 Å². The second-order valence-corrected chi connectivity index (χ2v) is 8.38. The molecule has 2 aromatic rings. The van der Waals surface area contributed by atoms with Gasteiger partial charge in [-0.1, -0.05) is 20.8 Å². The van der Waals surface area contributed by atoms with E-state index in [-0.39, 0.29) is 29.2 Å². The summed E-state index contributed by atoms with van der Waals surface area (Å²) in [6.45, 7) is 10.4. The van der Waals surface area contributed by atoms with Crippen molar-refractivity contribution < 1.29 is 27.6 Å². The molecule has 156 valence electrons. The van der Waals surface area contributed by atoms with Gasteiger partial charge in [-0.15, -0.1) is 11.3 Å². The predicted molar refractivity (Wildman–Crippen MR) is 109 cm³/mol. The van der Waals surface area contributed by atoms with Crippen LogP contribution in [0.5, 0.6) is 17.2 Å². The van der Waals surface area contributed by atoms with E-state index in [1.165, 1.54) is 49.2 Å². The summed E-state index contributed by atoms with van der Waals surface area (Å²) in [5, 5.41) is 13.1. The van der Waals surface area contributed by atoms with Crippen LogP contribution in [-0.2, 0) is 16.5 Å². The summed E-state index contributed by atoms with van der Waals surface area (Å²) < 4.78 is 43.2. The molecule has 2 heterocycles. The molecular formula is C19H27NO6S2. The number of aromatic hydroxyl groups is 1. The Balaban J connectivity index is 0.000000345. The zero-order valence-corrected chi connectivity index (χ0v) is 17.9. The Morgan fingerprint density at radius 3 is 2.36 bits per heavy atom. The molecule has 28 heavy (non-hydrogen) atoms. The summed E-state index contributed by atoms with van der Waals surface area (Å²) in [5.41, 5.74) is 0.282. The van der Waals surface area contributed by atoms with Crippen LogP contribution in [-0.4, -0.2) is 55.3 Å². The maximum Gasteiger partial charge on any atom is 0.294 e. The van der Waals surface area contributed by atoms with Gasteiger partial charge in [-0.2, -0.15) is 8.42 Å². The van der Waals surface area contributed by atoms with E-state index in [0.29, 0.717) is 11.5 Å². The number of hydrogen-bond acceptors (Lipinski definition) is 7. The summed E-state index contributed by atoms with van der Waals surface area (Å²) in [4.78, 5) is 2.14. The van der Waals surface area contributed by atoms with Crippen molar-refractivity contribution in [1.29, 1.82) is 0 Å². The fourth-order valence-electron chi connectivity index (χ4n) is 2.85. The van der Waals surface area contributed by atoms with Crippen LogP contribution in [0.2, 0.25) is 0 Å². The third-order valence-electron chi connectivity index (χ3n) is 4.42. The summed E-state index contributed by atoms with van der Waals surface area (Å²) in [5.74, 6) is 1.21. The summed E-state index contributed by atoms with van der Waals surface area (Å²) >= 11 is 1.45. The lowest BCUT2D eigenvalue weighted by Crippen LogP contribution is -2.31. The maximum atomic E-state index is 11.4. The van der Waals surface area contributed by atoms with Gasteiger partial charge >= 0.3 is 0 Å². The molecule has 1 aliphatic heterocycles. The minimum absolute atomic E-state index is 0.0784. The first-order valence-electron chi connectivity index (χ1n) is 9.15. The second-order valence-electron chi connectivity index (χ2n) is 6.24. The molecule has 3 rings (SSSR count). The molecule has 7 nitrogen and oxygen atoms in total. The third-order valence-corrected chi connectivity index (χ3v) is 6.08. The van der Waals surface area contributed by atoms with Crippen LogP contribution < -0.4 is 9.47 Å². The largest absolute Gasteiger partial charge is 0.508 e. The Morgan fingerprint density at radius 1 is 1.14 bits per heavy atom. The van der Waals surface area contributed by atoms with Gasteiger partial charge in [-0.3, -0.25) is 4.55 Å². The smallest absolute Gasteiger partial charge is 0.294 e. The van der Waals surface area contributed by atoms with Crippen LogP contribution in [0, 0.1) is 0 Å². The Hall–Kier alpha value is -1.81. The number of nitrogens with zero attached hydrogens (tertiary/aromatic N) is 1. The highest BCUT2D eigenvalue weighted by atomic mass is 32.2. The standard InChI is InChI=1S/C13H12O6S2.C6H15N/c14-9-1-2-13(21(15,16)17)8(3-9)4-10-5-18-11-6-20-7-12(11)19-10;1-4-7(5-2)6-3/h1-3,6-7,10,14H,4-5H2,(H,15,16,17);4-6H2,1-3H3. The molecular weight excluding hydrogens is 402 g/mol. The number of phenols is 1. The Bertz CT molecular complexity index is 856. The van der Waals surface area contributed by atoms with Crippen molar-refractivity contribution in [2.24, 2.45) is 0 Å². The van der Waals surface area contributed by atoms with Crippen LogP contribution in [0.25, 0.3) is 0 Å². The lowest BCUT2D eigenvalue weighted by molar-refractivity contribution is 0.0922. The number of hydrogen-bond donors (Lipinski definition) is 2. The zero-order valence-electron chi connectivity index (χ0n) is 16.3. The summed E-state index contributed by atoms with van der Waals surface area (Å²) in [6.07, 6.45) is -0.201. The van der Waals surface area contributed by atoms with Crippen LogP contribution in [0.1, 0.15) is 26.3 Å². The van der Waals surface area contributed by atoms with Crippen LogP contribution in [0.4, 0.5) is 0 Å². The molecule has 1 aromatic carbocycles. The van der Waals surface area contributed by atoms with Gasteiger partial charge in [0.05, 0.1) is 4.90 Å². The highest BCUT2D eigenvalue weighted by Gasteiger charge is 2.25. The van der Waals surface area contributed by atoms with Crippen molar-refractivity contribution in [2.75, 3.05) is 26.2 Å². The van der Waals surface area contributed by atoms with Gasteiger partial charge in [-0.25, -0.2) is 0 Å². The second kappa shape index (κ2) is 10.1.